The summed E-state index contributed by atoms with van der Waals surface area (Å²) in [4.78, 5) is 11.6. The molecule has 2 heterocycles. The SMILES string of the molecule is COC1C=c2ncc(N)nc2=CC1(C1CCCCC1)N1CCOCC1. The monoisotopic (exact) mass is 344 g/mol. The number of anilines is 1. The van der Waals surface area contributed by atoms with Crippen LogP contribution in [-0.2, 0) is 9.47 Å². The lowest BCUT2D eigenvalue weighted by atomic mass is 9.69. The summed E-state index contributed by atoms with van der Waals surface area (Å²) in [5, 5.41) is 1.77. The minimum absolute atomic E-state index is 0.0286. The van der Waals surface area contributed by atoms with Crippen LogP contribution >= 0.6 is 0 Å². The number of aromatic nitrogens is 2. The van der Waals surface area contributed by atoms with E-state index in [9.17, 15) is 0 Å². The van der Waals surface area contributed by atoms with Crippen molar-refractivity contribution >= 4 is 18.0 Å². The molecule has 6 nitrogen and oxygen atoms in total. The van der Waals surface area contributed by atoms with E-state index in [4.69, 9.17) is 15.2 Å². The van der Waals surface area contributed by atoms with Gasteiger partial charge in [-0.05, 0) is 30.9 Å². The maximum atomic E-state index is 6.03. The van der Waals surface area contributed by atoms with Crippen LogP contribution in [0.3, 0.4) is 0 Å². The summed E-state index contributed by atoms with van der Waals surface area (Å²) in [6, 6.07) is 0. The quantitative estimate of drug-likeness (QED) is 0.850. The van der Waals surface area contributed by atoms with Gasteiger partial charge in [-0.15, -0.1) is 0 Å². The van der Waals surface area contributed by atoms with Gasteiger partial charge < -0.3 is 15.2 Å². The third kappa shape index (κ3) is 2.96. The largest absolute Gasteiger partial charge is 0.382 e. The van der Waals surface area contributed by atoms with E-state index in [1.54, 1.807) is 6.20 Å². The molecule has 0 amide bonds. The van der Waals surface area contributed by atoms with Gasteiger partial charge in [0.2, 0.25) is 0 Å². The lowest BCUT2D eigenvalue weighted by Gasteiger charge is -2.53. The molecule has 1 saturated carbocycles. The average Bonchev–Trinajstić information content (AvgIpc) is 2.68. The molecule has 2 N–H and O–H groups in total. The Morgan fingerprint density at radius 2 is 1.96 bits per heavy atom. The van der Waals surface area contributed by atoms with Crippen molar-refractivity contribution < 1.29 is 9.47 Å². The number of hydrogen-bond acceptors (Lipinski definition) is 6. The summed E-state index contributed by atoms with van der Waals surface area (Å²) < 4.78 is 11.7. The van der Waals surface area contributed by atoms with Crippen molar-refractivity contribution in [2.45, 2.75) is 43.7 Å². The number of ether oxygens (including phenoxy) is 2. The molecular weight excluding hydrogens is 316 g/mol. The Hall–Kier alpha value is -1.50. The molecule has 2 fully saturated rings. The zero-order valence-electron chi connectivity index (χ0n) is 15.0. The fraction of sp³-hybridized carbons (Fsp3) is 0.684. The second-order valence-electron chi connectivity index (χ2n) is 7.35. The van der Waals surface area contributed by atoms with Crippen molar-refractivity contribution in [2.75, 3.05) is 39.1 Å². The van der Waals surface area contributed by atoms with Crippen molar-refractivity contribution in [2.24, 2.45) is 5.92 Å². The highest BCUT2D eigenvalue weighted by Crippen LogP contribution is 2.42. The van der Waals surface area contributed by atoms with Crippen molar-refractivity contribution in [3.8, 4) is 0 Å². The topological polar surface area (TPSA) is 73.5 Å². The first-order valence-electron chi connectivity index (χ1n) is 9.43. The van der Waals surface area contributed by atoms with Crippen LogP contribution in [0.25, 0.3) is 12.2 Å². The van der Waals surface area contributed by atoms with Crippen LogP contribution in [0.15, 0.2) is 6.20 Å². The first kappa shape index (κ1) is 16.9. The average molecular weight is 344 g/mol. The van der Waals surface area contributed by atoms with Gasteiger partial charge in [0, 0.05) is 20.2 Å². The predicted molar refractivity (Wildman–Crippen MR) is 97.1 cm³/mol. The minimum Gasteiger partial charge on any atom is -0.382 e. The van der Waals surface area contributed by atoms with Crippen LogP contribution in [0, 0.1) is 5.92 Å². The third-order valence-electron chi connectivity index (χ3n) is 6.05. The minimum atomic E-state index is -0.186. The van der Waals surface area contributed by atoms with Crippen molar-refractivity contribution in [1.82, 2.24) is 14.9 Å². The number of fused-ring (bicyclic) bond motifs is 1. The number of nitrogen functional groups attached to an aromatic ring is 1. The van der Waals surface area contributed by atoms with E-state index in [-0.39, 0.29) is 11.6 Å². The number of rotatable bonds is 3. The Kier molecular flexibility index (Phi) is 4.75. The molecule has 2 atom stereocenters. The highest BCUT2D eigenvalue weighted by atomic mass is 16.5. The van der Waals surface area contributed by atoms with Gasteiger partial charge in [-0.2, -0.15) is 0 Å². The van der Waals surface area contributed by atoms with E-state index in [2.05, 4.69) is 27.0 Å². The zero-order chi connectivity index (χ0) is 17.3. The Bertz CT molecular complexity index is 705. The molecule has 1 aromatic heterocycles. The van der Waals surface area contributed by atoms with E-state index in [1.807, 2.05) is 7.11 Å². The van der Waals surface area contributed by atoms with Crippen LogP contribution in [0.5, 0.6) is 0 Å². The molecule has 0 bridgehead atoms. The Labute approximate surface area is 148 Å². The molecule has 136 valence electrons. The summed E-state index contributed by atoms with van der Waals surface area (Å²) in [5.74, 6) is 1.02. The molecule has 0 radical (unpaired) electrons. The van der Waals surface area contributed by atoms with E-state index < -0.39 is 0 Å². The molecule has 2 aliphatic carbocycles. The van der Waals surface area contributed by atoms with Crippen LogP contribution < -0.4 is 16.4 Å². The molecule has 0 aromatic carbocycles. The normalized spacial score (nSPS) is 31.0. The highest BCUT2D eigenvalue weighted by molar-refractivity contribution is 5.52. The number of nitrogens with two attached hydrogens (primary N) is 1. The van der Waals surface area contributed by atoms with Crippen LogP contribution in [-0.4, -0.2) is 59.9 Å². The van der Waals surface area contributed by atoms with Gasteiger partial charge >= 0.3 is 0 Å². The van der Waals surface area contributed by atoms with Crippen LogP contribution in [0.1, 0.15) is 32.1 Å². The Balaban J connectivity index is 1.87. The molecule has 4 rings (SSSR count). The smallest absolute Gasteiger partial charge is 0.142 e. The van der Waals surface area contributed by atoms with Crippen molar-refractivity contribution in [3.63, 3.8) is 0 Å². The zero-order valence-corrected chi connectivity index (χ0v) is 15.0. The third-order valence-corrected chi connectivity index (χ3v) is 6.05. The molecule has 1 aliphatic heterocycles. The molecule has 3 aliphatic rings. The van der Waals surface area contributed by atoms with E-state index >= 15 is 0 Å². The molecule has 6 heteroatoms. The van der Waals surface area contributed by atoms with Crippen molar-refractivity contribution in [3.05, 3.63) is 16.9 Å². The molecule has 25 heavy (non-hydrogen) atoms. The van der Waals surface area contributed by atoms with Crippen LogP contribution in [0.4, 0.5) is 5.82 Å². The van der Waals surface area contributed by atoms with Gasteiger partial charge in [-0.3, -0.25) is 9.88 Å². The van der Waals surface area contributed by atoms with E-state index in [1.165, 1.54) is 32.1 Å². The molecule has 0 spiro atoms. The first-order chi connectivity index (χ1) is 12.2. The van der Waals surface area contributed by atoms with Crippen molar-refractivity contribution in [1.29, 1.82) is 0 Å². The lowest BCUT2D eigenvalue weighted by molar-refractivity contribution is -0.0728. The second-order valence-corrected chi connectivity index (χ2v) is 7.35. The standard InChI is InChI=1S/C19H28N4O2/c1-24-17-11-15-16(22-18(20)13-21-15)12-19(17,14-5-3-2-4-6-14)23-7-9-25-10-8-23/h11-14,17H,2-10H2,1H3,(H2,20,22). The Morgan fingerprint density at radius 3 is 2.68 bits per heavy atom. The maximum Gasteiger partial charge on any atom is 0.142 e. The summed E-state index contributed by atoms with van der Waals surface area (Å²) in [5.41, 5.74) is 5.74. The second kappa shape index (κ2) is 7.02. The number of morpholine rings is 1. The summed E-state index contributed by atoms with van der Waals surface area (Å²) in [7, 11) is 1.81. The summed E-state index contributed by atoms with van der Waals surface area (Å²) in [6.07, 6.45) is 12.4. The van der Waals surface area contributed by atoms with Gasteiger partial charge in [0.25, 0.3) is 0 Å². The Morgan fingerprint density at radius 1 is 1.20 bits per heavy atom. The van der Waals surface area contributed by atoms with Gasteiger partial charge in [-0.1, -0.05) is 19.3 Å². The molecular formula is C19H28N4O2. The van der Waals surface area contributed by atoms with Gasteiger partial charge in [-0.25, -0.2) is 4.98 Å². The molecule has 1 saturated heterocycles. The lowest BCUT2D eigenvalue weighted by Crippen LogP contribution is -2.66. The van der Waals surface area contributed by atoms with Gasteiger partial charge in [0.05, 0.1) is 41.8 Å². The maximum absolute atomic E-state index is 6.03. The van der Waals surface area contributed by atoms with E-state index in [0.717, 1.165) is 37.0 Å². The predicted octanol–water partition coefficient (Wildman–Crippen LogP) is 0.300. The fourth-order valence-corrected chi connectivity index (χ4v) is 4.89. The summed E-state index contributed by atoms with van der Waals surface area (Å²) in [6.45, 7) is 3.39. The number of nitrogens with zero attached hydrogens (tertiary/aromatic N) is 3. The van der Waals surface area contributed by atoms with Crippen LogP contribution in [0.2, 0.25) is 0 Å². The first-order valence-corrected chi connectivity index (χ1v) is 9.43. The molecule has 1 aromatic rings. The van der Waals surface area contributed by atoms with Gasteiger partial charge in [0.15, 0.2) is 0 Å². The van der Waals surface area contributed by atoms with E-state index in [0.29, 0.717) is 11.7 Å². The molecule has 2 unspecified atom stereocenters. The highest BCUT2D eigenvalue weighted by Gasteiger charge is 2.49. The fourth-order valence-electron chi connectivity index (χ4n) is 4.89. The number of hydrogen-bond donors (Lipinski definition) is 1. The summed E-state index contributed by atoms with van der Waals surface area (Å²) >= 11 is 0. The number of methoxy groups -OCH3 is 1. The van der Waals surface area contributed by atoms with Gasteiger partial charge in [0.1, 0.15) is 5.82 Å².